The first-order valence-electron chi connectivity index (χ1n) is 9.67. The fraction of sp³-hybridized carbons (Fsp3) is 0.391. The lowest BCUT2D eigenvalue weighted by molar-refractivity contribution is 0.405. The Morgan fingerprint density at radius 3 is 2.39 bits per heavy atom. The summed E-state index contributed by atoms with van der Waals surface area (Å²) in [5.74, 6) is 0.999. The molecule has 0 unspecified atom stereocenters. The minimum atomic E-state index is -0.144. The van der Waals surface area contributed by atoms with Crippen molar-refractivity contribution in [2.75, 3.05) is 0 Å². The Hall–Kier alpha value is -2.17. The van der Waals surface area contributed by atoms with E-state index in [2.05, 4.69) is 74.2 Å². The van der Waals surface area contributed by atoms with Crippen molar-refractivity contribution in [1.29, 1.82) is 0 Å². The summed E-state index contributed by atoms with van der Waals surface area (Å²) in [6.45, 7) is 11.5. The van der Waals surface area contributed by atoms with Gasteiger partial charge in [-0.2, -0.15) is 0 Å². The summed E-state index contributed by atoms with van der Waals surface area (Å²) >= 11 is 6.05. The van der Waals surface area contributed by atoms with Crippen molar-refractivity contribution in [3.8, 4) is 0 Å². The van der Waals surface area contributed by atoms with Crippen LogP contribution >= 0.6 is 11.6 Å². The van der Waals surface area contributed by atoms with Gasteiger partial charge in [0, 0.05) is 11.1 Å². The second-order valence-electron chi connectivity index (χ2n) is 8.65. The van der Waals surface area contributed by atoms with E-state index < -0.39 is 0 Å². The Kier molecular flexibility index (Phi) is 5.92. The number of benzene rings is 2. The van der Waals surface area contributed by atoms with Crippen molar-refractivity contribution in [2.45, 2.75) is 52.6 Å². The van der Waals surface area contributed by atoms with Crippen molar-refractivity contribution < 1.29 is 0 Å². The first kappa shape index (κ1) is 20.6. The van der Waals surface area contributed by atoms with Gasteiger partial charge in [-0.3, -0.25) is 4.79 Å². The SMILES string of the molecule is CC(C)[C@@H](NCc1nc2cc(Cl)ccc2c(=O)[nH]1)c1ccc(C(C)(C)C)cc1. The highest BCUT2D eigenvalue weighted by Crippen LogP contribution is 2.27. The normalized spacial score (nSPS) is 13.2. The van der Waals surface area contributed by atoms with E-state index in [1.165, 1.54) is 11.1 Å². The summed E-state index contributed by atoms with van der Waals surface area (Å²) in [7, 11) is 0. The number of halogens is 1. The number of fused-ring (bicyclic) bond motifs is 1. The molecular formula is C23H28ClN3O. The van der Waals surface area contributed by atoms with Crippen LogP contribution in [0.4, 0.5) is 0 Å². The van der Waals surface area contributed by atoms with E-state index in [9.17, 15) is 4.79 Å². The van der Waals surface area contributed by atoms with Crippen LogP contribution in [0.5, 0.6) is 0 Å². The molecule has 28 heavy (non-hydrogen) atoms. The molecule has 3 aromatic rings. The third kappa shape index (κ3) is 4.62. The molecule has 0 amide bonds. The van der Waals surface area contributed by atoms with E-state index in [0.717, 1.165) is 0 Å². The van der Waals surface area contributed by atoms with Crippen LogP contribution in [0, 0.1) is 5.92 Å². The van der Waals surface area contributed by atoms with Crippen LogP contribution in [0.2, 0.25) is 5.02 Å². The van der Waals surface area contributed by atoms with E-state index >= 15 is 0 Å². The molecule has 0 fully saturated rings. The summed E-state index contributed by atoms with van der Waals surface area (Å²) in [6.07, 6.45) is 0. The van der Waals surface area contributed by atoms with Crippen LogP contribution < -0.4 is 10.9 Å². The van der Waals surface area contributed by atoms with Crippen molar-refractivity contribution in [2.24, 2.45) is 5.92 Å². The first-order chi connectivity index (χ1) is 13.1. The van der Waals surface area contributed by atoms with Gasteiger partial charge in [-0.05, 0) is 40.7 Å². The summed E-state index contributed by atoms with van der Waals surface area (Å²) in [4.78, 5) is 19.8. The lowest BCUT2D eigenvalue weighted by Crippen LogP contribution is -2.27. The smallest absolute Gasteiger partial charge is 0.258 e. The molecular weight excluding hydrogens is 370 g/mol. The van der Waals surface area contributed by atoms with Gasteiger partial charge < -0.3 is 10.3 Å². The number of aromatic amines is 1. The van der Waals surface area contributed by atoms with E-state index in [0.29, 0.717) is 34.2 Å². The Morgan fingerprint density at radius 1 is 1.11 bits per heavy atom. The number of H-pyrrole nitrogens is 1. The highest BCUT2D eigenvalue weighted by atomic mass is 35.5. The molecule has 0 radical (unpaired) electrons. The molecule has 1 heterocycles. The van der Waals surface area contributed by atoms with Crippen molar-refractivity contribution in [3.63, 3.8) is 0 Å². The molecule has 0 aliphatic rings. The third-order valence-corrected chi connectivity index (χ3v) is 5.24. The Bertz CT molecular complexity index is 1020. The second kappa shape index (κ2) is 8.06. The maximum Gasteiger partial charge on any atom is 0.258 e. The van der Waals surface area contributed by atoms with Gasteiger partial charge in [0.15, 0.2) is 0 Å². The van der Waals surface area contributed by atoms with Crippen LogP contribution in [-0.4, -0.2) is 9.97 Å². The standard InChI is InChI=1S/C23H28ClN3O/c1-14(2)21(15-6-8-16(9-7-15)23(3,4)5)25-13-20-26-19-12-17(24)10-11-18(19)22(28)27-20/h6-12,14,21,25H,13H2,1-5H3,(H,26,27,28)/t21-/m1/s1. The van der Waals surface area contributed by atoms with E-state index in [1.807, 2.05) is 0 Å². The lowest BCUT2D eigenvalue weighted by Gasteiger charge is -2.25. The number of aromatic nitrogens is 2. The molecule has 5 heteroatoms. The minimum Gasteiger partial charge on any atom is -0.309 e. The highest BCUT2D eigenvalue weighted by molar-refractivity contribution is 6.31. The molecule has 2 aromatic carbocycles. The number of hydrogen-bond acceptors (Lipinski definition) is 3. The average Bonchev–Trinajstić information content (AvgIpc) is 2.61. The number of nitrogens with one attached hydrogen (secondary N) is 2. The second-order valence-corrected chi connectivity index (χ2v) is 9.09. The molecule has 0 bridgehead atoms. The van der Waals surface area contributed by atoms with Crippen LogP contribution in [0.15, 0.2) is 47.3 Å². The van der Waals surface area contributed by atoms with E-state index in [1.54, 1.807) is 18.2 Å². The highest BCUT2D eigenvalue weighted by Gasteiger charge is 2.18. The minimum absolute atomic E-state index is 0.134. The average molecular weight is 398 g/mol. The predicted octanol–water partition coefficient (Wildman–Crippen LogP) is 5.36. The summed E-state index contributed by atoms with van der Waals surface area (Å²) < 4.78 is 0. The van der Waals surface area contributed by atoms with Crippen molar-refractivity contribution >= 4 is 22.5 Å². The molecule has 0 saturated heterocycles. The lowest BCUT2D eigenvalue weighted by atomic mass is 9.85. The van der Waals surface area contributed by atoms with Gasteiger partial charge in [0.05, 0.1) is 17.4 Å². The van der Waals surface area contributed by atoms with E-state index in [-0.39, 0.29) is 17.0 Å². The fourth-order valence-corrected chi connectivity index (χ4v) is 3.55. The molecule has 0 aliphatic carbocycles. The van der Waals surface area contributed by atoms with Gasteiger partial charge in [-0.1, -0.05) is 70.5 Å². The van der Waals surface area contributed by atoms with Crippen LogP contribution in [0.25, 0.3) is 10.9 Å². The number of hydrogen-bond donors (Lipinski definition) is 2. The van der Waals surface area contributed by atoms with Crippen LogP contribution in [-0.2, 0) is 12.0 Å². The van der Waals surface area contributed by atoms with Crippen LogP contribution in [0.3, 0.4) is 0 Å². The van der Waals surface area contributed by atoms with Gasteiger partial charge in [0.25, 0.3) is 5.56 Å². The molecule has 0 aliphatic heterocycles. The van der Waals surface area contributed by atoms with Gasteiger partial charge >= 0.3 is 0 Å². The summed E-state index contributed by atoms with van der Waals surface area (Å²) in [5, 5.41) is 4.67. The van der Waals surface area contributed by atoms with Gasteiger partial charge in [0.2, 0.25) is 0 Å². The van der Waals surface area contributed by atoms with E-state index in [4.69, 9.17) is 11.6 Å². The van der Waals surface area contributed by atoms with Gasteiger partial charge in [0.1, 0.15) is 5.82 Å². The van der Waals surface area contributed by atoms with Gasteiger partial charge in [-0.15, -0.1) is 0 Å². The summed E-state index contributed by atoms with van der Waals surface area (Å²) in [5.41, 5.74) is 3.15. The quantitative estimate of drug-likeness (QED) is 0.609. The molecule has 0 saturated carbocycles. The Balaban J connectivity index is 1.82. The number of nitrogens with zero attached hydrogens (tertiary/aromatic N) is 1. The molecule has 2 N–H and O–H groups in total. The zero-order valence-electron chi connectivity index (χ0n) is 17.1. The predicted molar refractivity (Wildman–Crippen MR) is 117 cm³/mol. The third-order valence-electron chi connectivity index (χ3n) is 5.01. The molecule has 1 aromatic heterocycles. The van der Waals surface area contributed by atoms with Crippen molar-refractivity contribution in [3.05, 3.63) is 74.8 Å². The Morgan fingerprint density at radius 2 is 1.79 bits per heavy atom. The van der Waals surface area contributed by atoms with Crippen LogP contribution in [0.1, 0.15) is 57.6 Å². The maximum absolute atomic E-state index is 12.3. The molecule has 1 atom stereocenters. The monoisotopic (exact) mass is 397 g/mol. The zero-order chi connectivity index (χ0) is 20.5. The fourth-order valence-electron chi connectivity index (χ4n) is 3.38. The zero-order valence-corrected chi connectivity index (χ0v) is 17.9. The Labute approximate surface area is 171 Å². The van der Waals surface area contributed by atoms with Gasteiger partial charge in [-0.25, -0.2) is 4.98 Å². The molecule has 148 valence electrons. The summed E-state index contributed by atoms with van der Waals surface area (Å²) in [6, 6.07) is 14.1. The first-order valence-corrected chi connectivity index (χ1v) is 10.1. The maximum atomic E-state index is 12.3. The number of rotatable bonds is 5. The van der Waals surface area contributed by atoms with Crippen molar-refractivity contribution in [1.82, 2.24) is 15.3 Å². The molecule has 4 nitrogen and oxygen atoms in total. The molecule has 0 spiro atoms. The topological polar surface area (TPSA) is 57.8 Å². The molecule has 3 rings (SSSR count). The largest absolute Gasteiger partial charge is 0.309 e.